The Balaban J connectivity index is 3.01. The molecule has 1 radical (unpaired) electrons. The summed E-state index contributed by atoms with van der Waals surface area (Å²) in [5, 5.41) is 10.2. The summed E-state index contributed by atoms with van der Waals surface area (Å²) < 4.78 is 4.78. The van der Waals surface area contributed by atoms with Gasteiger partial charge in [-0.3, -0.25) is 10.1 Å². The fraction of sp³-hybridized carbons (Fsp3) is 0.143. The van der Waals surface area contributed by atoms with Gasteiger partial charge in [-0.2, -0.15) is 0 Å². The summed E-state index contributed by atoms with van der Waals surface area (Å²) in [4.78, 5) is 9.68. The van der Waals surface area contributed by atoms with Gasteiger partial charge in [0.05, 0.1) is 24.2 Å². The SMILES string of the molecule is COc1cc[c]c([N+](=O)[O-])c1. The lowest BCUT2D eigenvalue weighted by Crippen LogP contribution is -1.89. The number of nitro benzene ring substituents is 1. The Morgan fingerprint density at radius 3 is 3.00 bits per heavy atom. The van der Waals surface area contributed by atoms with Crippen LogP contribution in [-0.2, 0) is 0 Å². The number of nitrogens with zero attached hydrogens (tertiary/aromatic N) is 1. The molecule has 0 aliphatic carbocycles. The van der Waals surface area contributed by atoms with Crippen LogP contribution in [-0.4, -0.2) is 12.0 Å². The Hall–Kier alpha value is -1.58. The molecule has 0 aromatic heterocycles. The number of benzene rings is 1. The van der Waals surface area contributed by atoms with E-state index in [1.54, 1.807) is 6.07 Å². The summed E-state index contributed by atoms with van der Waals surface area (Å²) in [5.74, 6) is 0.468. The summed E-state index contributed by atoms with van der Waals surface area (Å²) in [6.07, 6.45) is 0. The largest absolute Gasteiger partial charge is 0.497 e. The second-order valence-electron chi connectivity index (χ2n) is 1.87. The maximum Gasteiger partial charge on any atom is 0.281 e. The Labute approximate surface area is 63.6 Å². The Morgan fingerprint density at radius 2 is 2.45 bits per heavy atom. The van der Waals surface area contributed by atoms with Gasteiger partial charge in [0.1, 0.15) is 5.75 Å². The highest BCUT2D eigenvalue weighted by molar-refractivity contribution is 5.36. The molecule has 0 heterocycles. The Kier molecular flexibility index (Phi) is 2.06. The van der Waals surface area contributed by atoms with E-state index in [2.05, 4.69) is 6.07 Å². The van der Waals surface area contributed by atoms with Crippen molar-refractivity contribution in [3.63, 3.8) is 0 Å². The number of non-ortho nitro benzene ring substituents is 1. The van der Waals surface area contributed by atoms with Gasteiger partial charge < -0.3 is 4.74 Å². The van der Waals surface area contributed by atoms with Gasteiger partial charge in [-0.05, 0) is 12.1 Å². The van der Waals surface area contributed by atoms with E-state index >= 15 is 0 Å². The maximum atomic E-state index is 10.2. The predicted octanol–water partition coefficient (Wildman–Crippen LogP) is 1.40. The molecule has 0 fully saturated rings. The van der Waals surface area contributed by atoms with E-state index < -0.39 is 4.92 Å². The van der Waals surface area contributed by atoms with Gasteiger partial charge in [0, 0.05) is 0 Å². The third kappa shape index (κ3) is 1.67. The van der Waals surface area contributed by atoms with Gasteiger partial charge in [-0.1, -0.05) is 0 Å². The molecule has 4 heteroatoms. The molecule has 57 valence electrons. The van der Waals surface area contributed by atoms with Crippen LogP contribution in [0.3, 0.4) is 0 Å². The molecule has 1 aromatic carbocycles. The van der Waals surface area contributed by atoms with Crippen molar-refractivity contribution < 1.29 is 9.66 Å². The first-order valence-corrected chi connectivity index (χ1v) is 2.94. The quantitative estimate of drug-likeness (QED) is 0.475. The molecule has 0 amide bonds. The zero-order valence-corrected chi connectivity index (χ0v) is 5.90. The molecule has 0 aliphatic rings. The predicted molar refractivity (Wildman–Crippen MR) is 38.5 cm³/mol. The number of nitro groups is 1. The highest BCUT2D eigenvalue weighted by atomic mass is 16.6. The van der Waals surface area contributed by atoms with Crippen LogP contribution < -0.4 is 4.74 Å². The van der Waals surface area contributed by atoms with Gasteiger partial charge in [0.15, 0.2) is 0 Å². The fourth-order valence-corrected chi connectivity index (χ4v) is 0.666. The number of ether oxygens (including phenoxy) is 1. The third-order valence-electron chi connectivity index (χ3n) is 1.19. The van der Waals surface area contributed by atoms with Gasteiger partial charge in [-0.15, -0.1) is 0 Å². The summed E-state index contributed by atoms with van der Waals surface area (Å²) >= 11 is 0. The molecule has 0 atom stereocenters. The highest BCUT2D eigenvalue weighted by Gasteiger charge is 2.05. The van der Waals surface area contributed by atoms with E-state index in [9.17, 15) is 10.1 Å². The highest BCUT2D eigenvalue weighted by Crippen LogP contribution is 2.17. The van der Waals surface area contributed by atoms with Gasteiger partial charge in [-0.25, -0.2) is 0 Å². The number of hydrogen-bond acceptors (Lipinski definition) is 3. The first-order chi connectivity index (χ1) is 5.24. The molecule has 4 nitrogen and oxygen atoms in total. The zero-order valence-electron chi connectivity index (χ0n) is 5.90. The topological polar surface area (TPSA) is 52.4 Å². The monoisotopic (exact) mass is 152 g/mol. The number of hydrogen-bond donors (Lipinski definition) is 0. The lowest BCUT2D eigenvalue weighted by atomic mass is 10.3. The fourth-order valence-electron chi connectivity index (χ4n) is 0.666. The van der Waals surface area contributed by atoms with Gasteiger partial charge in [0.25, 0.3) is 5.69 Å². The number of methoxy groups -OCH3 is 1. The maximum absolute atomic E-state index is 10.2. The minimum atomic E-state index is -0.511. The molecule has 0 aliphatic heterocycles. The van der Waals surface area contributed by atoms with E-state index in [0.717, 1.165) is 0 Å². The van der Waals surface area contributed by atoms with E-state index in [-0.39, 0.29) is 5.69 Å². The second kappa shape index (κ2) is 3.01. The van der Waals surface area contributed by atoms with E-state index in [1.807, 2.05) is 0 Å². The van der Waals surface area contributed by atoms with Crippen LogP contribution in [0.1, 0.15) is 0 Å². The van der Waals surface area contributed by atoms with Gasteiger partial charge >= 0.3 is 0 Å². The minimum Gasteiger partial charge on any atom is -0.497 e. The van der Waals surface area contributed by atoms with E-state index in [4.69, 9.17) is 4.74 Å². The molecule has 0 spiro atoms. The zero-order chi connectivity index (χ0) is 8.27. The second-order valence-corrected chi connectivity index (χ2v) is 1.87. The van der Waals surface area contributed by atoms with Crippen molar-refractivity contribution in [3.05, 3.63) is 34.4 Å². The lowest BCUT2D eigenvalue weighted by molar-refractivity contribution is -0.385. The Morgan fingerprint density at radius 1 is 1.73 bits per heavy atom. The molecule has 0 N–H and O–H groups in total. The molecule has 0 saturated heterocycles. The van der Waals surface area contributed by atoms with Crippen molar-refractivity contribution in [2.45, 2.75) is 0 Å². The molecule has 0 bridgehead atoms. The summed E-state index contributed by atoms with van der Waals surface area (Å²) in [6.45, 7) is 0. The van der Waals surface area contributed by atoms with Crippen LogP contribution in [0.4, 0.5) is 5.69 Å². The smallest absolute Gasteiger partial charge is 0.281 e. The average molecular weight is 152 g/mol. The third-order valence-corrected chi connectivity index (χ3v) is 1.19. The molecular formula is C7H6NO3. The van der Waals surface area contributed by atoms with Crippen LogP contribution >= 0.6 is 0 Å². The lowest BCUT2D eigenvalue weighted by Gasteiger charge is -1.96. The first kappa shape index (κ1) is 7.53. The average Bonchev–Trinajstić information content (AvgIpc) is 2.05. The molecular weight excluding hydrogens is 146 g/mol. The van der Waals surface area contributed by atoms with Crippen molar-refractivity contribution in [1.29, 1.82) is 0 Å². The van der Waals surface area contributed by atoms with Crippen molar-refractivity contribution >= 4 is 5.69 Å². The van der Waals surface area contributed by atoms with Crippen LogP contribution in [0.25, 0.3) is 0 Å². The summed E-state index contributed by atoms with van der Waals surface area (Å²) in [7, 11) is 1.46. The number of rotatable bonds is 2. The van der Waals surface area contributed by atoms with Crippen molar-refractivity contribution in [2.75, 3.05) is 7.11 Å². The van der Waals surface area contributed by atoms with E-state index in [0.29, 0.717) is 5.75 Å². The molecule has 1 aromatic rings. The van der Waals surface area contributed by atoms with E-state index in [1.165, 1.54) is 19.2 Å². The molecule has 1 rings (SSSR count). The van der Waals surface area contributed by atoms with Crippen molar-refractivity contribution in [3.8, 4) is 5.75 Å². The van der Waals surface area contributed by atoms with Gasteiger partial charge in [0.2, 0.25) is 0 Å². The first-order valence-electron chi connectivity index (χ1n) is 2.94. The molecule has 0 unspecified atom stereocenters. The standard InChI is InChI=1S/C7H6NO3/c1-11-7-4-2-3-6(5-7)8(9)10/h2,4-5H,1H3. The molecule has 0 saturated carbocycles. The van der Waals surface area contributed by atoms with Crippen LogP contribution in [0.5, 0.6) is 5.75 Å². The van der Waals surface area contributed by atoms with Crippen LogP contribution in [0.2, 0.25) is 0 Å². The summed E-state index contributed by atoms with van der Waals surface area (Å²) in [5.41, 5.74) is -0.0793. The van der Waals surface area contributed by atoms with Crippen molar-refractivity contribution in [1.82, 2.24) is 0 Å². The van der Waals surface area contributed by atoms with Crippen molar-refractivity contribution in [2.24, 2.45) is 0 Å². The van der Waals surface area contributed by atoms with Crippen LogP contribution in [0.15, 0.2) is 18.2 Å². The Bertz CT molecular complexity index is 272. The summed E-state index contributed by atoms with van der Waals surface area (Å²) in [6, 6.07) is 6.84. The normalized spacial score (nSPS) is 9.18. The minimum absolute atomic E-state index is 0.0793. The molecule has 11 heavy (non-hydrogen) atoms. The van der Waals surface area contributed by atoms with Crippen LogP contribution in [0, 0.1) is 16.2 Å².